The minimum Gasteiger partial charge on any atom is -0.746 e. The third-order valence-electron chi connectivity index (χ3n) is 2.30. The van der Waals surface area contributed by atoms with E-state index in [9.17, 15) is 18.1 Å². The fourth-order valence-electron chi connectivity index (χ4n) is 1.01. The van der Waals surface area contributed by atoms with Gasteiger partial charge in [-0.3, -0.25) is 5.32 Å². The van der Waals surface area contributed by atoms with Gasteiger partial charge in [0.15, 0.2) is 5.44 Å². The monoisotopic (exact) mass is 258 g/mol. The first-order valence-electron chi connectivity index (χ1n) is 4.52. The highest BCUT2D eigenvalue weighted by Gasteiger charge is 2.33. The van der Waals surface area contributed by atoms with Crippen LogP contribution in [-0.2, 0) is 10.1 Å². The minimum absolute atomic E-state index is 0.155. The topological polar surface area (TPSA) is 150 Å². The summed E-state index contributed by atoms with van der Waals surface area (Å²) in [6.07, 6.45) is -1.93. The summed E-state index contributed by atoms with van der Waals surface area (Å²) in [5.41, 5.74) is -3.91. The van der Waals surface area contributed by atoms with Gasteiger partial charge in [0.25, 0.3) is 0 Å². The number of rotatable bonds is 7. The Kier molecular flexibility index (Phi) is 5.76. The Balaban J connectivity index is 4.71. The molecular formula is C7H16NO7S-. The summed E-state index contributed by atoms with van der Waals surface area (Å²) in [5.74, 6) is 0. The molecule has 2 atom stereocenters. The summed E-state index contributed by atoms with van der Waals surface area (Å²) < 4.78 is 31.2. The van der Waals surface area contributed by atoms with Gasteiger partial charge in [-0.15, -0.1) is 0 Å². The van der Waals surface area contributed by atoms with Crippen molar-refractivity contribution in [1.82, 2.24) is 5.32 Å². The van der Waals surface area contributed by atoms with Crippen molar-refractivity contribution < 1.29 is 33.4 Å². The van der Waals surface area contributed by atoms with E-state index in [1.54, 1.807) is 6.92 Å². The maximum atomic E-state index is 10.4. The van der Waals surface area contributed by atoms with Crippen molar-refractivity contribution in [3.63, 3.8) is 0 Å². The number of nitrogens with one attached hydrogen (secondary N) is 1. The van der Waals surface area contributed by atoms with E-state index in [1.807, 2.05) is 0 Å². The van der Waals surface area contributed by atoms with Gasteiger partial charge in [-0.1, -0.05) is 6.92 Å². The summed E-state index contributed by atoms with van der Waals surface area (Å²) >= 11 is 0. The van der Waals surface area contributed by atoms with Gasteiger partial charge in [-0.05, 0) is 6.42 Å². The van der Waals surface area contributed by atoms with Crippen molar-refractivity contribution in [3.05, 3.63) is 0 Å². The van der Waals surface area contributed by atoms with Crippen LogP contribution < -0.4 is 5.32 Å². The molecule has 0 rings (SSSR count). The molecule has 0 spiro atoms. The van der Waals surface area contributed by atoms with E-state index in [2.05, 4.69) is 5.32 Å². The third kappa shape index (κ3) is 3.94. The Morgan fingerprint density at radius 3 is 2.00 bits per heavy atom. The van der Waals surface area contributed by atoms with Gasteiger partial charge in [-0.25, -0.2) is 8.42 Å². The van der Waals surface area contributed by atoms with Crippen LogP contribution in [0, 0.1) is 0 Å². The van der Waals surface area contributed by atoms with Gasteiger partial charge < -0.3 is 25.0 Å². The molecule has 5 N–H and O–H groups in total. The quantitative estimate of drug-likeness (QED) is 0.238. The van der Waals surface area contributed by atoms with Gasteiger partial charge in [-0.2, -0.15) is 0 Å². The van der Waals surface area contributed by atoms with E-state index in [0.29, 0.717) is 0 Å². The van der Waals surface area contributed by atoms with Crippen LogP contribution in [0.1, 0.15) is 13.3 Å². The molecule has 0 heterocycles. The maximum absolute atomic E-state index is 10.4. The second-order valence-electron chi connectivity index (χ2n) is 3.42. The van der Waals surface area contributed by atoms with Crippen molar-refractivity contribution in [2.45, 2.75) is 30.5 Å². The molecule has 0 amide bonds. The molecule has 0 bridgehead atoms. The van der Waals surface area contributed by atoms with Crippen LogP contribution in [-0.4, -0.2) is 63.8 Å². The van der Waals surface area contributed by atoms with Crippen LogP contribution in [0.2, 0.25) is 0 Å². The normalized spacial score (nSPS) is 17.1. The second-order valence-corrected chi connectivity index (χ2v) is 4.89. The Bertz CT molecular complexity index is 292. The molecule has 0 saturated carbocycles. The highest BCUT2D eigenvalue weighted by Crippen LogP contribution is 2.11. The van der Waals surface area contributed by atoms with E-state index in [-0.39, 0.29) is 6.42 Å². The van der Waals surface area contributed by atoms with Gasteiger partial charge in [0.05, 0.1) is 18.8 Å². The molecular weight excluding hydrogens is 242 g/mol. The zero-order chi connectivity index (χ0) is 13.0. The summed E-state index contributed by atoms with van der Waals surface area (Å²) in [6.45, 7) is 0.371. The van der Waals surface area contributed by atoms with Gasteiger partial charge in [0.2, 0.25) is 0 Å². The average Bonchev–Trinajstić information content (AvgIpc) is 2.23. The van der Waals surface area contributed by atoms with Gasteiger partial charge >= 0.3 is 0 Å². The molecule has 0 aromatic carbocycles. The smallest absolute Gasteiger partial charge is 0.183 e. The second kappa shape index (κ2) is 5.87. The standard InChI is InChI=1S/C7H17NO7S/c1-2-7(3-9,4-10)8-5(11)6(12)16(13,14)15/h5-6,8-12H,2-4H2,1H3,(H,13,14,15)/p-1. The summed E-state index contributed by atoms with van der Waals surface area (Å²) in [7, 11) is -5.07. The van der Waals surface area contributed by atoms with E-state index in [4.69, 9.17) is 15.3 Å². The molecule has 0 aromatic rings. The number of aliphatic hydroxyl groups excluding tert-OH is 4. The number of aliphatic hydroxyl groups is 4. The lowest BCUT2D eigenvalue weighted by Crippen LogP contribution is -2.59. The Morgan fingerprint density at radius 1 is 1.31 bits per heavy atom. The van der Waals surface area contributed by atoms with Crippen molar-refractivity contribution in [2.75, 3.05) is 13.2 Å². The zero-order valence-electron chi connectivity index (χ0n) is 8.70. The van der Waals surface area contributed by atoms with E-state index in [1.165, 1.54) is 0 Å². The molecule has 9 heteroatoms. The molecule has 0 aliphatic carbocycles. The molecule has 0 fully saturated rings. The molecule has 0 aliphatic rings. The molecule has 0 aliphatic heterocycles. The van der Waals surface area contributed by atoms with Crippen molar-refractivity contribution in [3.8, 4) is 0 Å². The first-order chi connectivity index (χ1) is 7.22. The molecule has 0 aromatic heterocycles. The van der Waals surface area contributed by atoms with Crippen molar-refractivity contribution in [2.24, 2.45) is 0 Å². The first kappa shape index (κ1) is 15.7. The van der Waals surface area contributed by atoms with Gasteiger partial charge in [0, 0.05) is 0 Å². The lowest BCUT2D eigenvalue weighted by atomic mass is 9.98. The van der Waals surface area contributed by atoms with Crippen LogP contribution >= 0.6 is 0 Å². The Labute approximate surface area is 93.3 Å². The molecule has 2 unspecified atom stereocenters. The molecule has 0 saturated heterocycles. The molecule has 0 radical (unpaired) electrons. The Morgan fingerprint density at radius 2 is 1.75 bits per heavy atom. The van der Waals surface area contributed by atoms with E-state index >= 15 is 0 Å². The molecule has 98 valence electrons. The summed E-state index contributed by atoms with van der Waals surface area (Å²) in [4.78, 5) is 0. The van der Waals surface area contributed by atoms with Crippen LogP contribution in [0.4, 0.5) is 0 Å². The predicted octanol–water partition coefficient (Wildman–Crippen LogP) is -3.11. The van der Waals surface area contributed by atoms with Gasteiger partial charge in [0.1, 0.15) is 16.3 Å². The molecule has 16 heavy (non-hydrogen) atoms. The predicted molar refractivity (Wildman–Crippen MR) is 52.0 cm³/mol. The van der Waals surface area contributed by atoms with Crippen LogP contribution in [0.15, 0.2) is 0 Å². The average molecular weight is 258 g/mol. The van der Waals surface area contributed by atoms with Crippen molar-refractivity contribution in [1.29, 1.82) is 0 Å². The maximum Gasteiger partial charge on any atom is 0.183 e. The SMILES string of the molecule is CCC(CO)(CO)NC(O)C(O)S(=O)(=O)[O-]. The third-order valence-corrected chi connectivity index (χ3v) is 3.15. The highest BCUT2D eigenvalue weighted by atomic mass is 32.2. The van der Waals surface area contributed by atoms with E-state index in [0.717, 1.165) is 0 Å². The van der Waals surface area contributed by atoms with Crippen LogP contribution in [0.25, 0.3) is 0 Å². The molecule has 8 nitrogen and oxygen atoms in total. The fraction of sp³-hybridized carbons (Fsp3) is 1.00. The summed E-state index contributed by atoms with van der Waals surface area (Å²) in [5, 5.41) is 38.2. The first-order valence-corrected chi connectivity index (χ1v) is 6.00. The lowest BCUT2D eigenvalue weighted by Gasteiger charge is -2.34. The lowest BCUT2D eigenvalue weighted by molar-refractivity contribution is -0.0180. The number of hydrogen-bond acceptors (Lipinski definition) is 8. The Hall–Kier alpha value is -0.290. The van der Waals surface area contributed by atoms with Crippen LogP contribution in [0.3, 0.4) is 0 Å². The van der Waals surface area contributed by atoms with Crippen molar-refractivity contribution >= 4 is 10.1 Å². The largest absolute Gasteiger partial charge is 0.746 e. The zero-order valence-corrected chi connectivity index (χ0v) is 9.51. The fourth-order valence-corrected chi connectivity index (χ4v) is 1.39. The van der Waals surface area contributed by atoms with Crippen LogP contribution in [0.5, 0.6) is 0 Å². The highest BCUT2D eigenvalue weighted by molar-refractivity contribution is 7.86. The van der Waals surface area contributed by atoms with E-state index < -0.39 is 40.5 Å². The summed E-state index contributed by atoms with van der Waals surface area (Å²) in [6, 6.07) is 0. The number of hydrogen-bond donors (Lipinski definition) is 5. The minimum atomic E-state index is -5.07.